The molecule has 2 heterocycles. The van der Waals surface area contributed by atoms with Crippen molar-refractivity contribution in [3.05, 3.63) is 40.8 Å². The minimum absolute atomic E-state index is 0.784. The Morgan fingerprint density at radius 3 is 2.56 bits per heavy atom. The van der Waals surface area contributed by atoms with Crippen molar-refractivity contribution >= 4 is 38.9 Å². The SMILES string of the molecule is CCN1CC=C(c2cc3c(C#N)cccc3s2)CC1.O=C(O)C(=O)O. The van der Waals surface area contributed by atoms with Crippen LogP contribution in [0.25, 0.3) is 15.7 Å². The Balaban J connectivity index is 0.000000326. The highest BCUT2D eigenvalue weighted by atomic mass is 32.1. The number of carboxylic acids is 2. The van der Waals surface area contributed by atoms with Crippen LogP contribution in [0.3, 0.4) is 0 Å². The summed E-state index contributed by atoms with van der Waals surface area (Å²) in [6.07, 6.45) is 3.45. The molecule has 0 saturated carbocycles. The van der Waals surface area contributed by atoms with Crippen LogP contribution in [0, 0.1) is 11.3 Å². The third kappa shape index (κ3) is 4.66. The number of hydrogen-bond donors (Lipinski definition) is 2. The number of hydrogen-bond acceptors (Lipinski definition) is 5. The molecular formula is C18H18N2O4S. The molecule has 0 amide bonds. The summed E-state index contributed by atoms with van der Waals surface area (Å²) in [5.74, 6) is -3.65. The number of nitriles is 1. The van der Waals surface area contributed by atoms with Gasteiger partial charge >= 0.3 is 11.9 Å². The van der Waals surface area contributed by atoms with Gasteiger partial charge in [0.15, 0.2) is 0 Å². The zero-order chi connectivity index (χ0) is 18.4. The lowest BCUT2D eigenvalue weighted by atomic mass is 10.0. The van der Waals surface area contributed by atoms with E-state index >= 15 is 0 Å². The van der Waals surface area contributed by atoms with Crippen molar-refractivity contribution in [3.63, 3.8) is 0 Å². The largest absolute Gasteiger partial charge is 0.473 e. The van der Waals surface area contributed by atoms with Gasteiger partial charge in [-0.15, -0.1) is 11.3 Å². The van der Waals surface area contributed by atoms with Gasteiger partial charge in [-0.25, -0.2) is 9.59 Å². The van der Waals surface area contributed by atoms with Crippen molar-refractivity contribution in [3.8, 4) is 6.07 Å². The Labute approximate surface area is 149 Å². The summed E-state index contributed by atoms with van der Waals surface area (Å²) in [4.78, 5) is 22.0. The molecule has 0 fully saturated rings. The number of nitrogens with zero attached hydrogens (tertiary/aromatic N) is 2. The monoisotopic (exact) mass is 358 g/mol. The highest BCUT2D eigenvalue weighted by Crippen LogP contribution is 2.34. The van der Waals surface area contributed by atoms with Crippen LogP contribution < -0.4 is 0 Å². The van der Waals surface area contributed by atoms with E-state index in [1.165, 1.54) is 15.2 Å². The summed E-state index contributed by atoms with van der Waals surface area (Å²) in [6, 6.07) is 10.4. The minimum Gasteiger partial charge on any atom is -0.473 e. The first-order valence-electron chi connectivity index (χ1n) is 7.76. The van der Waals surface area contributed by atoms with E-state index in [1.807, 2.05) is 12.1 Å². The van der Waals surface area contributed by atoms with Crippen molar-refractivity contribution in [1.29, 1.82) is 5.26 Å². The highest BCUT2D eigenvalue weighted by Gasteiger charge is 2.14. The van der Waals surface area contributed by atoms with Crippen LogP contribution in [0.4, 0.5) is 0 Å². The van der Waals surface area contributed by atoms with Crippen molar-refractivity contribution in [2.45, 2.75) is 13.3 Å². The molecule has 0 spiro atoms. The van der Waals surface area contributed by atoms with Crippen LogP contribution in [-0.2, 0) is 9.59 Å². The van der Waals surface area contributed by atoms with Crippen LogP contribution >= 0.6 is 11.3 Å². The summed E-state index contributed by atoms with van der Waals surface area (Å²) in [5.41, 5.74) is 2.22. The average Bonchev–Trinajstić information content (AvgIpc) is 3.06. The van der Waals surface area contributed by atoms with Gasteiger partial charge in [0.25, 0.3) is 0 Å². The molecule has 0 bridgehead atoms. The molecule has 130 valence electrons. The van der Waals surface area contributed by atoms with Crippen molar-refractivity contribution in [2.24, 2.45) is 0 Å². The van der Waals surface area contributed by atoms with E-state index < -0.39 is 11.9 Å². The molecule has 1 aromatic carbocycles. The zero-order valence-corrected chi connectivity index (χ0v) is 14.5. The molecule has 0 radical (unpaired) electrons. The predicted octanol–water partition coefficient (Wildman–Crippen LogP) is 3.04. The third-order valence-corrected chi connectivity index (χ3v) is 5.10. The number of carbonyl (C=O) groups is 2. The summed E-state index contributed by atoms with van der Waals surface area (Å²) in [6.45, 7) is 5.51. The Hall–Kier alpha value is -2.69. The molecule has 2 aromatic rings. The van der Waals surface area contributed by atoms with Gasteiger partial charge in [-0.3, -0.25) is 4.90 Å². The Kier molecular flexibility index (Phi) is 6.28. The summed E-state index contributed by atoms with van der Waals surface area (Å²) < 4.78 is 1.22. The Morgan fingerprint density at radius 2 is 2.04 bits per heavy atom. The number of benzene rings is 1. The topological polar surface area (TPSA) is 102 Å². The lowest BCUT2D eigenvalue weighted by Crippen LogP contribution is -2.27. The van der Waals surface area contributed by atoms with E-state index in [-0.39, 0.29) is 0 Å². The molecule has 0 atom stereocenters. The fraction of sp³-hybridized carbons (Fsp3) is 0.278. The lowest BCUT2D eigenvalue weighted by Gasteiger charge is -2.24. The first kappa shape index (κ1) is 18.6. The molecule has 2 N–H and O–H groups in total. The van der Waals surface area contributed by atoms with Gasteiger partial charge in [0.05, 0.1) is 11.6 Å². The Morgan fingerprint density at radius 1 is 1.32 bits per heavy atom. The molecular weight excluding hydrogens is 340 g/mol. The molecule has 1 aliphatic heterocycles. The van der Waals surface area contributed by atoms with Gasteiger partial charge in [0, 0.05) is 28.1 Å². The van der Waals surface area contributed by atoms with Crippen molar-refractivity contribution in [2.75, 3.05) is 19.6 Å². The van der Waals surface area contributed by atoms with Gasteiger partial charge in [-0.05, 0) is 36.7 Å². The van der Waals surface area contributed by atoms with Crippen LogP contribution in [0.1, 0.15) is 23.8 Å². The molecule has 1 aliphatic rings. The fourth-order valence-electron chi connectivity index (χ4n) is 2.54. The van der Waals surface area contributed by atoms with Gasteiger partial charge in [0.1, 0.15) is 0 Å². The summed E-state index contributed by atoms with van der Waals surface area (Å²) >= 11 is 1.80. The molecule has 6 nitrogen and oxygen atoms in total. The van der Waals surface area contributed by atoms with Gasteiger partial charge in [0.2, 0.25) is 0 Å². The number of thiophene rings is 1. The van der Waals surface area contributed by atoms with E-state index in [1.54, 1.807) is 11.3 Å². The zero-order valence-electron chi connectivity index (χ0n) is 13.7. The number of carboxylic acid groups (broad SMARTS) is 2. The average molecular weight is 358 g/mol. The van der Waals surface area contributed by atoms with E-state index in [9.17, 15) is 0 Å². The van der Waals surface area contributed by atoms with Gasteiger partial charge in [-0.2, -0.15) is 5.26 Å². The smallest absolute Gasteiger partial charge is 0.414 e. The van der Waals surface area contributed by atoms with Gasteiger partial charge < -0.3 is 10.2 Å². The first-order valence-corrected chi connectivity index (χ1v) is 8.58. The molecule has 3 rings (SSSR count). The fourth-order valence-corrected chi connectivity index (χ4v) is 3.69. The van der Waals surface area contributed by atoms with E-state index in [0.717, 1.165) is 37.0 Å². The molecule has 25 heavy (non-hydrogen) atoms. The van der Waals surface area contributed by atoms with Crippen molar-refractivity contribution in [1.82, 2.24) is 4.90 Å². The predicted molar refractivity (Wildman–Crippen MR) is 96.5 cm³/mol. The summed E-state index contributed by atoms with van der Waals surface area (Å²) in [5, 5.41) is 25.0. The van der Waals surface area contributed by atoms with Crippen LogP contribution in [0.5, 0.6) is 0 Å². The van der Waals surface area contributed by atoms with Crippen LogP contribution in [-0.4, -0.2) is 46.7 Å². The van der Waals surface area contributed by atoms with E-state index in [4.69, 9.17) is 25.1 Å². The van der Waals surface area contributed by atoms with Crippen molar-refractivity contribution < 1.29 is 19.8 Å². The minimum atomic E-state index is -1.82. The normalized spacial score (nSPS) is 14.2. The number of aliphatic carboxylic acids is 2. The highest BCUT2D eigenvalue weighted by molar-refractivity contribution is 7.20. The maximum atomic E-state index is 9.16. The number of likely N-dealkylation sites (N-methyl/N-ethyl adjacent to an activating group) is 1. The number of fused-ring (bicyclic) bond motifs is 1. The quantitative estimate of drug-likeness (QED) is 0.800. The number of rotatable bonds is 2. The molecule has 0 unspecified atom stereocenters. The summed E-state index contributed by atoms with van der Waals surface area (Å²) in [7, 11) is 0. The third-order valence-electron chi connectivity index (χ3n) is 3.92. The molecule has 7 heteroatoms. The lowest BCUT2D eigenvalue weighted by molar-refractivity contribution is -0.159. The van der Waals surface area contributed by atoms with E-state index in [2.05, 4.69) is 36.1 Å². The van der Waals surface area contributed by atoms with E-state index in [0.29, 0.717) is 0 Å². The maximum absolute atomic E-state index is 9.16. The van der Waals surface area contributed by atoms with Crippen LogP contribution in [0.15, 0.2) is 30.3 Å². The first-order chi connectivity index (χ1) is 12.0. The molecule has 0 aliphatic carbocycles. The molecule has 0 saturated heterocycles. The van der Waals surface area contributed by atoms with Crippen LogP contribution in [0.2, 0.25) is 0 Å². The van der Waals surface area contributed by atoms with Gasteiger partial charge in [-0.1, -0.05) is 19.1 Å². The molecule has 1 aromatic heterocycles. The maximum Gasteiger partial charge on any atom is 0.414 e. The second-order valence-electron chi connectivity index (χ2n) is 5.42. The second kappa shape index (κ2) is 8.42. The second-order valence-corrected chi connectivity index (χ2v) is 6.51. The standard InChI is InChI=1S/C16H16N2S.C2H2O4/c1-2-18-8-6-12(7-9-18)16-10-14-13(11-17)4-3-5-15(14)19-16;3-1(4)2(5)6/h3-6,10H,2,7-9H2,1H3;(H,3,4)(H,5,6). The Bertz CT molecular complexity index is 852.